The third kappa shape index (κ3) is 6.63. The number of rotatable bonds is 7. The summed E-state index contributed by atoms with van der Waals surface area (Å²) >= 11 is 0. The van der Waals surface area contributed by atoms with E-state index in [2.05, 4.69) is 37.6 Å². The van der Waals surface area contributed by atoms with Crippen LogP contribution in [0.2, 0.25) is 0 Å². The molecular weight excluding hydrogens is 453 g/mol. The minimum absolute atomic E-state index is 0. The number of halogens is 1. The smallest absolute Gasteiger partial charge is 0.191 e. The summed E-state index contributed by atoms with van der Waals surface area (Å²) in [5.74, 6) is 1.58. The maximum atomic E-state index is 4.65. The van der Waals surface area contributed by atoms with Crippen LogP contribution in [-0.4, -0.2) is 38.8 Å². The molecule has 3 aromatic heterocycles. The lowest BCUT2D eigenvalue weighted by Gasteiger charge is -2.11. The van der Waals surface area contributed by atoms with Crippen molar-refractivity contribution in [2.45, 2.75) is 19.9 Å². The highest BCUT2D eigenvalue weighted by molar-refractivity contribution is 14.0. The standard InChI is InChI=1S/C19H23N7.HI/c1-2-20-19(23-12-8-17-6-3-4-9-21-17)24-15-16-7-11-22-18(14-16)26-13-5-10-25-26;/h3-7,9-11,13-14H,2,8,12,15H2,1H3,(H2,20,23,24);1H. The lowest BCUT2D eigenvalue weighted by molar-refractivity contribution is 0.787. The van der Waals surface area contributed by atoms with Gasteiger partial charge in [-0.3, -0.25) is 4.98 Å². The van der Waals surface area contributed by atoms with Gasteiger partial charge in [-0.15, -0.1) is 24.0 Å². The van der Waals surface area contributed by atoms with Crippen LogP contribution in [0.5, 0.6) is 0 Å². The van der Waals surface area contributed by atoms with Crippen LogP contribution in [0.1, 0.15) is 18.2 Å². The van der Waals surface area contributed by atoms with E-state index in [4.69, 9.17) is 0 Å². The van der Waals surface area contributed by atoms with Gasteiger partial charge in [0.05, 0.1) is 6.54 Å². The summed E-state index contributed by atoms with van der Waals surface area (Å²) in [5, 5.41) is 10.8. The second-order valence-electron chi connectivity index (χ2n) is 5.67. The quantitative estimate of drug-likeness (QED) is 0.311. The van der Waals surface area contributed by atoms with Crippen molar-refractivity contribution in [1.29, 1.82) is 0 Å². The third-order valence-electron chi connectivity index (χ3n) is 3.71. The Balaban J connectivity index is 0.00000261. The Bertz CT molecular complexity index is 819. The van der Waals surface area contributed by atoms with Crippen LogP contribution in [0.3, 0.4) is 0 Å². The molecule has 2 N–H and O–H groups in total. The fourth-order valence-corrected chi connectivity index (χ4v) is 2.46. The number of pyridine rings is 2. The molecular formula is C19H24IN7. The Morgan fingerprint density at radius 3 is 2.74 bits per heavy atom. The maximum absolute atomic E-state index is 4.65. The van der Waals surface area contributed by atoms with Gasteiger partial charge < -0.3 is 10.6 Å². The maximum Gasteiger partial charge on any atom is 0.191 e. The Morgan fingerprint density at radius 2 is 2.00 bits per heavy atom. The minimum Gasteiger partial charge on any atom is -0.357 e. The normalized spacial score (nSPS) is 10.9. The molecule has 0 fully saturated rings. The Labute approximate surface area is 176 Å². The van der Waals surface area contributed by atoms with Gasteiger partial charge in [0.1, 0.15) is 0 Å². The largest absolute Gasteiger partial charge is 0.357 e. The van der Waals surface area contributed by atoms with Crippen molar-refractivity contribution in [2.24, 2.45) is 4.99 Å². The first-order chi connectivity index (χ1) is 12.8. The number of guanidine groups is 1. The summed E-state index contributed by atoms with van der Waals surface area (Å²) in [6, 6.07) is 11.8. The van der Waals surface area contributed by atoms with Gasteiger partial charge in [-0.05, 0) is 42.8 Å². The Morgan fingerprint density at radius 1 is 1.07 bits per heavy atom. The van der Waals surface area contributed by atoms with Gasteiger partial charge in [-0.2, -0.15) is 5.10 Å². The first-order valence-electron chi connectivity index (χ1n) is 8.72. The fraction of sp³-hybridized carbons (Fsp3) is 0.263. The summed E-state index contributed by atoms with van der Waals surface area (Å²) in [6.07, 6.45) is 8.06. The molecule has 7 nitrogen and oxygen atoms in total. The average molecular weight is 477 g/mol. The molecule has 0 bridgehead atoms. The predicted octanol–water partition coefficient (Wildman–Crippen LogP) is 2.58. The Hall–Kier alpha value is -2.49. The highest BCUT2D eigenvalue weighted by Crippen LogP contribution is 2.07. The second-order valence-corrected chi connectivity index (χ2v) is 5.67. The molecule has 8 heteroatoms. The van der Waals surface area contributed by atoms with Crippen LogP contribution in [0.25, 0.3) is 5.82 Å². The number of nitrogens with zero attached hydrogens (tertiary/aromatic N) is 5. The van der Waals surface area contributed by atoms with Crippen LogP contribution < -0.4 is 10.6 Å². The number of aromatic nitrogens is 4. The van der Waals surface area contributed by atoms with E-state index >= 15 is 0 Å². The van der Waals surface area contributed by atoms with Gasteiger partial charge in [0.2, 0.25) is 0 Å². The van der Waals surface area contributed by atoms with E-state index in [1.807, 2.05) is 48.8 Å². The van der Waals surface area contributed by atoms with E-state index in [1.54, 1.807) is 17.1 Å². The molecule has 142 valence electrons. The monoisotopic (exact) mass is 477 g/mol. The van der Waals surface area contributed by atoms with E-state index in [0.29, 0.717) is 6.54 Å². The first kappa shape index (κ1) is 20.8. The van der Waals surface area contributed by atoms with E-state index < -0.39 is 0 Å². The topological polar surface area (TPSA) is 80.0 Å². The summed E-state index contributed by atoms with van der Waals surface area (Å²) < 4.78 is 1.74. The van der Waals surface area contributed by atoms with E-state index in [-0.39, 0.29) is 24.0 Å². The predicted molar refractivity (Wildman–Crippen MR) is 118 cm³/mol. The zero-order valence-electron chi connectivity index (χ0n) is 15.2. The van der Waals surface area contributed by atoms with Crippen molar-refractivity contribution in [2.75, 3.05) is 13.1 Å². The van der Waals surface area contributed by atoms with Gasteiger partial charge in [0, 0.05) is 50.0 Å². The van der Waals surface area contributed by atoms with Crippen LogP contribution in [0.15, 0.2) is 66.2 Å². The number of hydrogen-bond donors (Lipinski definition) is 2. The zero-order valence-corrected chi connectivity index (χ0v) is 17.6. The highest BCUT2D eigenvalue weighted by atomic mass is 127. The van der Waals surface area contributed by atoms with Crippen LogP contribution >= 0.6 is 24.0 Å². The molecule has 0 unspecified atom stereocenters. The molecule has 0 aliphatic heterocycles. The van der Waals surface area contributed by atoms with E-state index in [9.17, 15) is 0 Å². The number of nitrogens with one attached hydrogen (secondary N) is 2. The SMILES string of the molecule is CCNC(=NCc1ccnc(-n2cccn2)c1)NCCc1ccccn1.I. The summed E-state index contributed by atoms with van der Waals surface area (Å²) in [6.45, 7) is 4.20. The molecule has 0 aromatic carbocycles. The van der Waals surface area contributed by atoms with Crippen LogP contribution in [-0.2, 0) is 13.0 Å². The molecule has 3 aromatic rings. The number of aliphatic imine (C=N–C) groups is 1. The van der Waals surface area contributed by atoms with Gasteiger partial charge >= 0.3 is 0 Å². The molecule has 0 saturated carbocycles. The minimum atomic E-state index is 0. The van der Waals surface area contributed by atoms with Gasteiger partial charge in [0.15, 0.2) is 11.8 Å². The number of hydrogen-bond acceptors (Lipinski definition) is 4. The molecule has 3 heterocycles. The van der Waals surface area contributed by atoms with E-state index in [0.717, 1.165) is 42.5 Å². The lowest BCUT2D eigenvalue weighted by Crippen LogP contribution is -2.38. The van der Waals surface area contributed by atoms with Crippen LogP contribution in [0, 0.1) is 0 Å². The van der Waals surface area contributed by atoms with Crippen molar-refractivity contribution in [3.63, 3.8) is 0 Å². The average Bonchev–Trinajstić information content (AvgIpc) is 3.22. The summed E-state index contributed by atoms with van der Waals surface area (Å²) in [5.41, 5.74) is 2.14. The van der Waals surface area contributed by atoms with Gasteiger partial charge in [0.25, 0.3) is 0 Å². The van der Waals surface area contributed by atoms with Crippen LogP contribution in [0.4, 0.5) is 0 Å². The molecule has 0 aliphatic carbocycles. The third-order valence-corrected chi connectivity index (χ3v) is 3.71. The molecule has 0 atom stereocenters. The van der Waals surface area contributed by atoms with E-state index in [1.165, 1.54) is 0 Å². The van der Waals surface area contributed by atoms with Crippen molar-refractivity contribution < 1.29 is 0 Å². The van der Waals surface area contributed by atoms with Crippen molar-refractivity contribution in [1.82, 2.24) is 30.4 Å². The molecule has 0 aliphatic rings. The van der Waals surface area contributed by atoms with Crippen molar-refractivity contribution in [3.05, 3.63) is 72.4 Å². The summed E-state index contributed by atoms with van der Waals surface area (Å²) in [7, 11) is 0. The van der Waals surface area contributed by atoms with Crippen molar-refractivity contribution in [3.8, 4) is 5.82 Å². The van der Waals surface area contributed by atoms with Gasteiger partial charge in [-0.1, -0.05) is 6.07 Å². The molecule has 3 rings (SSSR count). The molecule has 0 spiro atoms. The highest BCUT2D eigenvalue weighted by Gasteiger charge is 2.02. The van der Waals surface area contributed by atoms with Crippen molar-refractivity contribution >= 4 is 29.9 Å². The molecule has 27 heavy (non-hydrogen) atoms. The lowest BCUT2D eigenvalue weighted by atomic mass is 10.2. The summed E-state index contributed by atoms with van der Waals surface area (Å²) in [4.78, 5) is 13.3. The van der Waals surface area contributed by atoms with Gasteiger partial charge in [-0.25, -0.2) is 14.7 Å². The Kier molecular flexibility index (Phi) is 8.69. The molecule has 0 amide bonds. The fourth-order valence-electron chi connectivity index (χ4n) is 2.46. The zero-order chi connectivity index (χ0) is 18.0. The second kappa shape index (κ2) is 11.3. The molecule has 0 radical (unpaired) electrons. The first-order valence-corrected chi connectivity index (χ1v) is 8.72. The molecule has 0 saturated heterocycles.